The molecule has 0 bridgehead atoms. The third kappa shape index (κ3) is 7.27. The van der Waals surface area contributed by atoms with Gasteiger partial charge in [0.2, 0.25) is 5.91 Å². The van der Waals surface area contributed by atoms with E-state index < -0.39 is 0 Å². The Bertz CT molecular complexity index is 848. The first kappa shape index (κ1) is 22.6. The normalized spacial score (nSPS) is 14.9. The molecule has 1 aliphatic heterocycles. The summed E-state index contributed by atoms with van der Waals surface area (Å²) < 4.78 is 5.89. The van der Waals surface area contributed by atoms with Gasteiger partial charge in [-0.25, -0.2) is 4.99 Å². The van der Waals surface area contributed by atoms with Crippen LogP contribution >= 0.6 is 0 Å². The van der Waals surface area contributed by atoms with Crippen molar-refractivity contribution in [2.75, 3.05) is 26.7 Å². The van der Waals surface area contributed by atoms with E-state index in [0.29, 0.717) is 25.5 Å². The molecule has 2 N–H and O–H groups in total. The predicted molar refractivity (Wildman–Crippen MR) is 123 cm³/mol. The first-order valence-electron chi connectivity index (χ1n) is 11.0. The fourth-order valence-electron chi connectivity index (χ4n) is 3.68. The lowest BCUT2D eigenvalue weighted by molar-refractivity contribution is -0.121. The van der Waals surface area contributed by atoms with Gasteiger partial charge in [0.15, 0.2) is 5.96 Å². The number of benzene rings is 1. The lowest BCUT2D eigenvalue weighted by atomic mass is 9.93. The Balaban J connectivity index is 1.56. The van der Waals surface area contributed by atoms with Crippen LogP contribution in [0.3, 0.4) is 0 Å². The maximum atomic E-state index is 11.6. The van der Waals surface area contributed by atoms with Gasteiger partial charge in [-0.2, -0.15) is 0 Å². The molecule has 1 amide bonds. The van der Waals surface area contributed by atoms with Crippen molar-refractivity contribution in [3.05, 3.63) is 59.9 Å². The van der Waals surface area contributed by atoms with Crippen molar-refractivity contribution < 1.29 is 9.53 Å². The van der Waals surface area contributed by atoms with Gasteiger partial charge in [0.05, 0.1) is 12.2 Å². The Morgan fingerprint density at radius 3 is 2.77 bits per heavy atom. The fraction of sp³-hybridized carbons (Fsp3) is 0.458. The average Bonchev–Trinajstić information content (AvgIpc) is 2.82. The number of piperidine rings is 1. The summed E-state index contributed by atoms with van der Waals surface area (Å²) in [7, 11) is 1.70. The van der Waals surface area contributed by atoms with Crippen LogP contribution in [0.5, 0.6) is 5.75 Å². The van der Waals surface area contributed by atoms with E-state index in [4.69, 9.17) is 9.73 Å². The molecule has 1 saturated heterocycles. The van der Waals surface area contributed by atoms with Crippen molar-refractivity contribution in [3.8, 4) is 5.75 Å². The molecule has 0 radical (unpaired) electrons. The number of hydrogen-bond acceptors (Lipinski definition) is 4. The van der Waals surface area contributed by atoms with Crippen LogP contribution in [0.25, 0.3) is 0 Å². The molecule has 2 heterocycles. The SMILES string of the molecule is CCNC(=NCc1cccc(OCc2ccccn2)c1)N1CCC(CC(=O)NC)CC1. The van der Waals surface area contributed by atoms with Crippen LogP contribution in [-0.2, 0) is 17.9 Å². The zero-order valence-corrected chi connectivity index (χ0v) is 18.5. The molecule has 1 aromatic heterocycles. The minimum Gasteiger partial charge on any atom is -0.487 e. The molecule has 1 fully saturated rings. The number of likely N-dealkylation sites (tertiary alicyclic amines) is 1. The lowest BCUT2D eigenvalue weighted by Crippen LogP contribution is -2.46. The maximum absolute atomic E-state index is 11.6. The number of aliphatic imine (C=N–C) groups is 1. The van der Waals surface area contributed by atoms with Crippen molar-refractivity contribution in [2.45, 2.75) is 39.3 Å². The standard InChI is InChI=1S/C24H33N5O2/c1-3-26-24(29-13-10-19(11-14-29)16-23(30)25-2)28-17-20-7-6-9-22(15-20)31-18-21-8-4-5-12-27-21/h4-9,12,15,19H,3,10-11,13-14,16-18H2,1-2H3,(H,25,30)(H,26,28). The highest BCUT2D eigenvalue weighted by Gasteiger charge is 2.23. The van der Waals surface area contributed by atoms with E-state index in [9.17, 15) is 4.79 Å². The summed E-state index contributed by atoms with van der Waals surface area (Å²) in [5.74, 6) is 2.33. The topological polar surface area (TPSA) is 78.9 Å². The second-order valence-electron chi connectivity index (χ2n) is 7.74. The minimum atomic E-state index is 0.129. The smallest absolute Gasteiger partial charge is 0.220 e. The third-order valence-corrected chi connectivity index (χ3v) is 5.42. The zero-order chi connectivity index (χ0) is 21.9. The first-order valence-corrected chi connectivity index (χ1v) is 11.0. The van der Waals surface area contributed by atoms with E-state index in [1.165, 1.54) is 0 Å². The molecule has 0 atom stereocenters. The van der Waals surface area contributed by atoms with Crippen LogP contribution in [0, 0.1) is 5.92 Å². The van der Waals surface area contributed by atoms with Crippen molar-refractivity contribution in [1.82, 2.24) is 20.5 Å². The number of nitrogens with zero attached hydrogens (tertiary/aromatic N) is 3. The summed E-state index contributed by atoms with van der Waals surface area (Å²) in [6, 6.07) is 13.9. The molecule has 31 heavy (non-hydrogen) atoms. The quantitative estimate of drug-likeness (QED) is 0.504. The molecule has 1 aromatic carbocycles. The Morgan fingerprint density at radius 2 is 2.06 bits per heavy atom. The van der Waals surface area contributed by atoms with Crippen LogP contribution in [0.2, 0.25) is 0 Å². The van der Waals surface area contributed by atoms with Crippen LogP contribution < -0.4 is 15.4 Å². The fourth-order valence-corrected chi connectivity index (χ4v) is 3.68. The van der Waals surface area contributed by atoms with Gasteiger partial charge in [-0.15, -0.1) is 0 Å². The zero-order valence-electron chi connectivity index (χ0n) is 18.5. The molecular weight excluding hydrogens is 390 g/mol. The third-order valence-electron chi connectivity index (χ3n) is 5.42. The van der Waals surface area contributed by atoms with E-state index in [-0.39, 0.29) is 5.91 Å². The molecule has 0 unspecified atom stereocenters. The van der Waals surface area contributed by atoms with Crippen molar-refractivity contribution >= 4 is 11.9 Å². The Kier molecular flexibility index (Phi) is 8.70. The summed E-state index contributed by atoms with van der Waals surface area (Å²) in [6.07, 6.45) is 4.40. The van der Waals surface area contributed by atoms with Crippen molar-refractivity contribution in [2.24, 2.45) is 10.9 Å². The number of carbonyl (C=O) groups excluding carboxylic acids is 1. The summed E-state index contributed by atoms with van der Waals surface area (Å²) in [6.45, 7) is 5.77. The predicted octanol–water partition coefficient (Wildman–Crippen LogP) is 2.97. The number of ether oxygens (including phenoxy) is 1. The van der Waals surface area contributed by atoms with Crippen LogP contribution in [-0.4, -0.2) is 48.4 Å². The number of amides is 1. The first-order chi connectivity index (χ1) is 15.2. The summed E-state index contributed by atoms with van der Waals surface area (Å²) in [5, 5.41) is 6.13. The molecule has 1 aliphatic rings. The average molecular weight is 424 g/mol. The summed E-state index contributed by atoms with van der Waals surface area (Å²) in [5.41, 5.74) is 2.00. The highest BCUT2D eigenvalue weighted by atomic mass is 16.5. The van der Waals surface area contributed by atoms with E-state index in [1.54, 1.807) is 13.2 Å². The van der Waals surface area contributed by atoms with Gasteiger partial charge in [-0.05, 0) is 55.5 Å². The molecular formula is C24H33N5O2. The second kappa shape index (κ2) is 11.9. The molecule has 0 saturated carbocycles. The van der Waals surface area contributed by atoms with Crippen molar-refractivity contribution in [3.63, 3.8) is 0 Å². The van der Waals surface area contributed by atoms with Crippen LogP contribution in [0.15, 0.2) is 53.7 Å². The lowest BCUT2D eigenvalue weighted by Gasteiger charge is -2.34. The largest absolute Gasteiger partial charge is 0.487 e. The molecule has 3 rings (SSSR count). The van der Waals surface area contributed by atoms with E-state index >= 15 is 0 Å². The Labute approximate surface area is 184 Å². The van der Waals surface area contributed by atoms with Gasteiger partial charge >= 0.3 is 0 Å². The van der Waals surface area contributed by atoms with E-state index in [0.717, 1.165) is 55.4 Å². The van der Waals surface area contributed by atoms with Crippen LogP contribution in [0.4, 0.5) is 0 Å². The number of guanidine groups is 1. The molecule has 0 spiro atoms. The Hall–Kier alpha value is -3.09. The van der Waals surface area contributed by atoms with Gasteiger partial charge < -0.3 is 20.3 Å². The summed E-state index contributed by atoms with van der Waals surface area (Å²) >= 11 is 0. The van der Waals surface area contributed by atoms with Gasteiger partial charge in [0, 0.05) is 39.3 Å². The number of carbonyl (C=O) groups is 1. The van der Waals surface area contributed by atoms with E-state index in [1.807, 2.05) is 36.4 Å². The molecule has 0 aliphatic carbocycles. The molecule has 7 nitrogen and oxygen atoms in total. The Morgan fingerprint density at radius 1 is 1.23 bits per heavy atom. The van der Waals surface area contributed by atoms with Gasteiger partial charge in [0.1, 0.15) is 12.4 Å². The number of rotatable bonds is 8. The number of nitrogens with one attached hydrogen (secondary N) is 2. The van der Waals surface area contributed by atoms with Gasteiger partial charge in [-0.3, -0.25) is 9.78 Å². The number of pyridine rings is 1. The summed E-state index contributed by atoms with van der Waals surface area (Å²) in [4.78, 5) is 23.1. The molecule has 7 heteroatoms. The number of hydrogen-bond donors (Lipinski definition) is 2. The second-order valence-corrected chi connectivity index (χ2v) is 7.74. The van der Waals surface area contributed by atoms with Crippen LogP contribution in [0.1, 0.15) is 37.4 Å². The van der Waals surface area contributed by atoms with E-state index in [2.05, 4.69) is 33.5 Å². The van der Waals surface area contributed by atoms with Gasteiger partial charge in [0.25, 0.3) is 0 Å². The number of aromatic nitrogens is 1. The van der Waals surface area contributed by atoms with Gasteiger partial charge in [-0.1, -0.05) is 18.2 Å². The monoisotopic (exact) mass is 423 g/mol. The highest BCUT2D eigenvalue weighted by Crippen LogP contribution is 2.21. The van der Waals surface area contributed by atoms with Crippen molar-refractivity contribution in [1.29, 1.82) is 0 Å². The molecule has 2 aromatic rings. The maximum Gasteiger partial charge on any atom is 0.220 e. The molecule has 166 valence electrons. The highest BCUT2D eigenvalue weighted by molar-refractivity contribution is 5.80. The minimum absolute atomic E-state index is 0.129.